The second-order valence-electron chi connectivity index (χ2n) is 5.85. The monoisotopic (exact) mass is 239 g/mol. The van der Waals surface area contributed by atoms with Crippen LogP contribution in [0.3, 0.4) is 0 Å². The molecule has 3 heteroatoms. The first-order valence-corrected chi connectivity index (χ1v) is 7.39. The summed E-state index contributed by atoms with van der Waals surface area (Å²) in [6.07, 6.45) is 8.31. The normalized spacial score (nSPS) is 34.2. The van der Waals surface area contributed by atoms with Crippen LogP contribution < -0.4 is 5.32 Å². The summed E-state index contributed by atoms with van der Waals surface area (Å²) in [5.41, 5.74) is 0. The molecule has 1 saturated carbocycles. The SMILES string of the molecule is CN[C@@H]1CCC[C@H](N2CCCCN(C)CC2)C1. The average Bonchev–Trinajstić information content (AvgIpc) is 2.34. The molecule has 2 rings (SSSR count). The van der Waals surface area contributed by atoms with E-state index in [0.717, 1.165) is 12.1 Å². The molecular formula is C14H29N3. The second-order valence-corrected chi connectivity index (χ2v) is 5.85. The molecule has 0 amide bonds. The van der Waals surface area contributed by atoms with E-state index in [2.05, 4.69) is 29.2 Å². The van der Waals surface area contributed by atoms with Crippen molar-refractivity contribution in [2.75, 3.05) is 40.3 Å². The van der Waals surface area contributed by atoms with Crippen LogP contribution in [0.1, 0.15) is 38.5 Å². The van der Waals surface area contributed by atoms with E-state index in [4.69, 9.17) is 0 Å². The summed E-state index contributed by atoms with van der Waals surface area (Å²) in [6.45, 7) is 5.14. The molecule has 1 heterocycles. The third-order valence-electron chi connectivity index (χ3n) is 4.58. The Balaban J connectivity index is 1.85. The van der Waals surface area contributed by atoms with Crippen LogP contribution in [0.25, 0.3) is 0 Å². The van der Waals surface area contributed by atoms with E-state index < -0.39 is 0 Å². The van der Waals surface area contributed by atoms with Crippen molar-refractivity contribution in [2.24, 2.45) is 0 Å². The molecule has 3 nitrogen and oxygen atoms in total. The standard InChI is InChI=1S/C14H29N3/c1-15-13-6-5-7-14(12-13)17-9-4-3-8-16(2)10-11-17/h13-15H,3-12H2,1-2H3/t13-,14+/m1/s1. The van der Waals surface area contributed by atoms with Gasteiger partial charge in [0, 0.05) is 25.2 Å². The molecule has 1 N–H and O–H groups in total. The molecule has 2 atom stereocenters. The number of nitrogens with zero attached hydrogens (tertiary/aromatic N) is 2. The first-order valence-electron chi connectivity index (χ1n) is 7.39. The smallest absolute Gasteiger partial charge is 0.0112 e. The third-order valence-corrected chi connectivity index (χ3v) is 4.58. The van der Waals surface area contributed by atoms with Gasteiger partial charge in [-0.15, -0.1) is 0 Å². The zero-order chi connectivity index (χ0) is 12.1. The van der Waals surface area contributed by atoms with Crippen LogP contribution in [-0.4, -0.2) is 62.2 Å². The van der Waals surface area contributed by atoms with Gasteiger partial charge in [-0.25, -0.2) is 0 Å². The summed E-state index contributed by atoms with van der Waals surface area (Å²) < 4.78 is 0. The minimum atomic E-state index is 0.761. The number of likely N-dealkylation sites (N-methyl/N-ethyl adjacent to an activating group) is 1. The van der Waals surface area contributed by atoms with Gasteiger partial charge < -0.3 is 10.2 Å². The number of rotatable bonds is 2. The molecule has 1 saturated heterocycles. The van der Waals surface area contributed by atoms with Gasteiger partial charge in [-0.05, 0) is 59.3 Å². The Morgan fingerprint density at radius 3 is 2.59 bits per heavy atom. The van der Waals surface area contributed by atoms with Gasteiger partial charge >= 0.3 is 0 Å². The molecule has 2 fully saturated rings. The first kappa shape index (κ1) is 13.3. The lowest BCUT2D eigenvalue weighted by atomic mass is 9.89. The maximum absolute atomic E-state index is 3.47. The molecular weight excluding hydrogens is 210 g/mol. The zero-order valence-corrected chi connectivity index (χ0v) is 11.6. The minimum Gasteiger partial charge on any atom is -0.317 e. The number of hydrogen-bond donors (Lipinski definition) is 1. The highest BCUT2D eigenvalue weighted by Gasteiger charge is 2.26. The van der Waals surface area contributed by atoms with Crippen LogP contribution in [0.2, 0.25) is 0 Å². The Labute approximate surface area is 107 Å². The topological polar surface area (TPSA) is 18.5 Å². The third kappa shape index (κ3) is 3.94. The van der Waals surface area contributed by atoms with Gasteiger partial charge in [0.15, 0.2) is 0 Å². The highest BCUT2D eigenvalue weighted by atomic mass is 15.2. The second kappa shape index (κ2) is 6.72. The van der Waals surface area contributed by atoms with Gasteiger partial charge in [0.1, 0.15) is 0 Å². The Hall–Kier alpha value is -0.120. The molecule has 100 valence electrons. The van der Waals surface area contributed by atoms with Crippen LogP contribution in [0.5, 0.6) is 0 Å². The van der Waals surface area contributed by atoms with E-state index in [1.54, 1.807) is 0 Å². The molecule has 2 aliphatic rings. The fourth-order valence-corrected chi connectivity index (χ4v) is 3.34. The number of nitrogens with one attached hydrogen (secondary N) is 1. The lowest BCUT2D eigenvalue weighted by Crippen LogP contribution is -2.47. The molecule has 1 aliphatic heterocycles. The summed E-state index contributed by atoms with van der Waals surface area (Å²) >= 11 is 0. The van der Waals surface area contributed by atoms with Crippen molar-refractivity contribution in [3.63, 3.8) is 0 Å². The Morgan fingerprint density at radius 2 is 1.76 bits per heavy atom. The maximum Gasteiger partial charge on any atom is 0.0112 e. The molecule has 17 heavy (non-hydrogen) atoms. The molecule has 0 spiro atoms. The Kier molecular flexibility index (Phi) is 5.26. The van der Waals surface area contributed by atoms with Crippen LogP contribution in [0, 0.1) is 0 Å². The summed E-state index contributed by atoms with van der Waals surface area (Å²) in [5, 5.41) is 3.47. The van der Waals surface area contributed by atoms with Gasteiger partial charge in [-0.2, -0.15) is 0 Å². The van der Waals surface area contributed by atoms with Crippen molar-refractivity contribution >= 4 is 0 Å². The lowest BCUT2D eigenvalue weighted by Gasteiger charge is -2.39. The molecule has 0 aromatic carbocycles. The van der Waals surface area contributed by atoms with Crippen molar-refractivity contribution < 1.29 is 0 Å². The maximum atomic E-state index is 3.47. The van der Waals surface area contributed by atoms with Crippen LogP contribution in [0.4, 0.5) is 0 Å². The summed E-state index contributed by atoms with van der Waals surface area (Å²) in [5.74, 6) is 0. The van der Waals surface area contributed by atoms with E-state index in [9.17, 15) is 0 Å². The molecule has 0 aromatic rings. The van der Waals surface area contributed by atoms with E-state index in [1.165, 1.54) is 64.7 Å². The Morgan fingerprint density at radius 1 is 0.941 bits per heavy atom. The largest absolute Gasteiger partial charge is 0.317 e. The van der Waals surface area contributed by atoms with E-state index >= 15 is 0 Å². The molecule has 0 bridgehead atoms. The summed E-state index contributed by atoms with van der Waals surface area (Å²) in [4.78, 5) is 5.25. The van der Waals surface area contributed by atoms with Gasteiger partial charge in [-0.3, -0.25) is 4.90 Å². The first-order chi connectivity index (χ1) is 8.29. The van der Waals surface area contributed by atoms with Crippen molar-refractivity contribution in [1.29, 1.82) is 0 Å². The van der Waals surface area contributed by atoms with E-state index in [-0.39, 0.29) is 0 Å². The fraction of sp³-hybridized carbons (Fsp3) is 1.00. The molecule has 0 radical (unpaired) electrons. The van der Waals surface area contributed by atoms with Gasteiger partial charge in [0.2, 0.25) is 0 Å². The van der Waals surface area contributed by atoms with Crippen LogP contribution >= 0.6 is 0 Å². The lowest BCUT2D eigenvalue weighted by molar-refractivity contribution is 0.112. The van der Waals surface area contributed by atoms with E-state index in [0.29, 0.717) is 0 Å². The molecule has 0 unspecified atom stereocenters. The fourth-order valence-electron chi connectivity index (χ4n) is 3.34. The van der Waals surface area contributed by atoms with Crippen molar-refractivity contribution in [1.82, 2.24) is 15.1 Å². The zero-order valence-electron chi connectivity index (χ0n) is 11.6. The van der Waals surface area contributed by atoms with Gasteiger partial charge in [0.25, 0.3) is 0 Å². The van der Waals surface area contributed by atoms with Crippen molar-refractivity contribution in [3.05, 3.63) is 0 Å². The van der Waals surface area contributed by atoms with Gasteiger partial charge in [0.05, 0.1) is 0 Å². The van der Waals surface area contributed by atoms with Crippen LogP contribution in [-0.2, 0) is 0 Å². The van der Waals surface area contributed by atoms with Crippen LogP contribution in [0.15, 0.2) is 0 Å². The predicted octanol–water partition coefficient (Wildman–Crippen LogP) is 1.54. The predicted molar refractivity (Wildman–Crippen MR) is 73.4 cm³/mol. The summed E-state index contributed by atoms with van der Waals surface area (Å²) in [6, 6.07) is 1.60. The molecule has 1 aliphatic carbocycles. The summed E-state index contributed by atoms with van der Waals surface area (Å²) in [7, 11) is 4.38. The van der Waals surface area contributed by atoms with E-state index in [1.807, 2.05) is 0 Å². The molecule has 0 aromatic heterocycles. The quantitative estimate of drug-likeness (QED) is 0.789. The van der Waals surface area contributed by atoms with Crippen molar-refractivity contribution in [3.8, 4) is 0 Å². The Bertz CT molecular complexity index is 220. The average molecular weight is 239 g/mol. The minimum absolute atomic E-state index is 0.761. The highest BCUT2D eigenvalue weighted by molar-refractivity contribution is 4.84. The van der Waals surface area contributed by atoms with Gasteiger partial charge in [-0.1, -0.05) is 6.42 Å². The van der Waals surface area contributed by atoms with Crippen molar-refractivity contribution in [2.45, 2.75) is 50.6 Å². The highest BCUT2D eigenvalue weighted by Crippen LogP contribution is 2.23. The number of hydrogen-bond acceptors (Lipinski definition) is 3.